The van der Waals surface area contributed by atoms with Gasteiger partial charge in [0.15, 0.2) is 5.76 Å². The van der Waals surface area contributed by atoms with E-state index < -0.39 is 6.04 Å². The van der Waals surface area contributed by atoms with Crippen molar-refractivity contribution in [2.45, 2.75) is 37.9 Å². The third kappa shape index (κ3) is 3.12. The van der Waals surface area contributed by atoms with E-state index in [-0.39, 0.29) is 23.6 Å². The number of hydrogen-bond acceptors (Lipinski definition) is 4. The number of hydrogen-bond donors (Lipinski definition) is 1. The summed E-state index contributed by atoms with van der Waals surface area (Å²) in [5.74, 6) is -0.00348. The Morgan fingerprint density at radius 3 is 2.65 bits per heavy atom. The lowest BCUT2D eigenvalue weighted by molar-refractivity contribution is -0.137. The van der Waals surface area contributed by atoms with Gasteiger partial charge >= 0.3 is 0 Å². The van der Waals surface area contributed by atoms with Gasteiger partial charge in [0.2, 0.25) is 5.91 Å². The smallest absolute Gasteiger partial charge is 0.290 e. The normalized spacial score (nSPS) is 22.8. The van der Waals surface area contributed by atoms with E-state index in [2.05, 4.69) is 0 Å². The van der Waals surface area contributed by atoms with Gasteiger partial charge in [0.1, 0.15) is 6.04 Å². The van der Waals surface area contributed by atoms with Crippen LogP contribution in [0.25, 0.3) is 0 Å². The van der Waals surface area contributed by atoms with Crippen LogP contribution in [0.3, 0.4) is 0 Å². The maximum absolute atomic E-state index is 13.2. The molecule has 6 heteroatoms. The highest BCUT2D eigenvalue weighted by Gasteiger charge is 2.38. The van der Waals surface area contributed by atoms with Gasteiger partial charge in [0.05, 0.1) is 6.26 Å². The van der Waals surface area contributed by atoms with Gasteiger partial charge in [0, 0.05) is 32.1 Å². The summed E-state index contributed by atoms with van der Waals surface area (Å²) in [6.45, 7) is 1.67. The van der Waals surface area contributed by atoms with Crippen LogP contribution in [0.4, 0.5) is 0 Å². The molecule has 0 bridgehead atoms. The first-order chi connectivity index (χ1) is 12.6. The van der Waals surface area contributed by atoms with Crippen LogP contribution in [0.2, 0.25) is 0 Å². The lowest BCUT2D eigenvalue weighted by atomic mass is 9.92. The number of likely N-dealkylation sites (tertiary alicyclic amines) is 1. The second-order valence-electron chi connectivity index (χ2n) is 7.09. The Labute approximate surface area is 152 Å². The van der Waals surface area contributed by atoms with Crippen molar-refractivity contribution in [1.29, 1.82) is 0 Å². The molecule has 6 nitrogen and oxygen atoms in total. The SMILES string of the molecule is NC1CCCN(C(=O)C2Cc3ccccc3CN2C(=O)c2ccco2)C1. The summed E-state index contributed by atoms with van der Waals surface area (Å²) in [6, 6.07) is 10.8. The maximum Gasteiger partial charge on any atom is 0.290 e. The zero-order chi connectivity index (χ0) is 18.1. The molecule has 0 saturated carbocycles. The molecule has 2 atom stereocenters. The highest BCUT2D eigenvalue weighted by atomic mass is 16.3. The Morgan fingerprint density at radius 1 is 1.12 bits per heavy atom. The van der Waals surface area contributed by atoms with Crippen LogP contribution in [0.1, 0.15) is 34.5 Å². The standard InChI is InChI=1S/C20H23N3O3/c21-16-7-3-9-22(13-16)19(24)17-11-14-5-1-2-6-15(14)12-23(17)20(25)18-8-4-10-26-18/h1-2,4-6,8,10,16-17H,3,7,9,11-13,21H2. The number of fused-ring (bicyclic) bond motifs is 1. The van der Waals surface area contributed by atoms with E-state index in [0.29, 0.717) is 26.1 Å². The maximum atomic E-state index is 13.2. The van der Waals surface area contributed by atoms with Gasteiger partial charge in [-0.25, -0.2) is 0 Å². The third-order valence-electron chi connectivity index (χ3n) is 5.30. The van der Waals surface area contributed by atoms with Crippen LogP contribution in [0.15, 0.2) is 47.1 Å². The van der Waals surface area contributed by atoms with Crippen LogP contribution in [-0.2, 0) is 17.8 Å². The fraction of sp³-hybridized carbons (Fsp3) is 0.400. The first kappa shape index (κ1) is 16.8. The number of furan rings is 1. The number of piperidine rings is 1. The molecule has 2 amide bonds. The molecule has 4 rings (SSSR count). The molecule has 0 radical (unpaired) electrons. The highest BCUT2D eigenvalue weighted by molar-refractivity contribution is 5.96. The highest BCUT2D eigenvalue weighted by Crippen LogP contribution is 2.27. The fourth-order valence-corrected chi connectivity index (χ4v) is 3.92. The van der Waals surface area contributed by atoms with Crippen molar-refractivity contribution in [1.82, 2.24) is 9.80 Å². The van der Waals surface area contributed by atoms with Crippen molar-refractivity contribution in [2.75, 3.05) is 13.1 Å². The summed E-state index contributed by atoms with van der Waals surface area (Å²) >= 11 is 0. The summed E-state index contributed by atoms with van der Waals surface area (Å²) in [7, 11) is 0. The first-order valence-corrected chi connectivity index (χ1v) is 9.09. The molecule has 1 aromatic carbocycles. The predicted octanol–water partition coefficient (Wildman–Crippen LogP) is 1.80. The zero-order valence-corrected chi connectivity index (χ0v) is 14.6. The van der Waals surface area contributed by atoms with Crippen LogP contribution >= 0.6 is 0 Å². The minimum absolute atomic E-state index is 0.0119. The van der Waals surface area contributed by atoms with Crippen molar-refractivity contribution >= 4 is 11.8 Å². The van der Waals surface area contributed by atoms with E-state index in [1.54, 1.807) is 17.0 Å². The topological polar surface area (TPSA) is 79.8 Å². The number of rotatable bonds is 2. The number of carbonyl (C=O) groups is 2. The summed E-state index contributed by atoms with van der Waals surface area (Å²) in [5, 5.41) is 0. The minimum Gasteiger partial charge on any atom is -0.459 e. The number of amides is 2. The lowest BCUT2D eigenvalue weighted by Gasteiger charge is -2.40. The van der Waals surface area contributed by atoms with Gasteiger partial charge in [-0.15, -0.1) is 0 Å². The molecule has 1 fully saturated rings. The molecule has 2 unspecified atom stereocenters. The molecule has 136 valence electrons. The zero-order valence-electron chi connectivity index (χ0n) is 14.6. The Hall–Kier alpha value is -2.60. The van der Waals surface area contributed by atoms with Gasteiger partial charge in [-0.3, -0.25) is 9.59 Å². The molecule has 0 aliphatic carbocycles. The van der Waals surface area contributed by atoms with Crippen molar-refractivity contribution in [3.05, 3.63) is 59.5 Å². The summed E-state index contributed by atoms with van der Waals surface area (Å²) in [4.78, 5) is 29.7. The third-order valence-corrected chi connectivity index (χ3v) is 5.30. The number of benzene rings is 1. The Kier molecular flexibility index (Phi) is 4.51. The Balaban J connectivity index is 1.64. The van der Waals surface area contributed by atoms with E-state index in [0.717, 1.165) is 24.0 Å². The molecule has 2 aromatic rings. The van der Waals surface area contributed by atoms with Crippen molar-refractivity contribution in [2.24, 2.45) is 5.73 Å². The van der Waals surface area contributed by atoms with Gasteiger partial charge in [-0.2, -0.15) is 0 Å². The molecule has 1 aromatic heterocycles. The summed E-state index contributed by atoms with van der Waals surface area (Å²) in [6.07, 6.45) is 3.84. The monoisotopic (exact) mass is 353 g/mol. The van der Waals surface area contributed by atoms with E-state index in [1.807, 2.05) is 29.2 Å². The Morgan fingerprint density at radius 2 is 1.92 bits per heavy atom. The van der Waals surface area contributed by atoms with Gasteiger partial charge < -0.3 is 20.0 Å². The Bertz CT molecular complexity index is 802. The average molecular weight is 353 g/mol. The molecule has 2 N–H and O–H groups in total. The largest absolute Gasteiger partial charge is 0.459 e. The molecular formula is C20H23N3O3. The van der Waals surface area contributed by atoms with Crippen molar-refractivity contribution in [3.63, 3.8) is 0 Å². The predicted molar refractivity (Wildman–Crippen MR) is 96.3 cm³/mol. The van der Waals surface area contributed by atoms with E-state index in [4.69, 9.17) is 10.2 Å². The van der Waals surface area contributed by atoms with Crippen LogP contribution in [0, 0.1) is 0 Å². The van der Waals surface area contributed by atoms with E-state index >= 15 is 0 Å². The van der Waals surface area contributed by atoms with E-state index in [1.165, 1.54) is 6.26 Å². The molecule has 2 aliphatic heterocycles. The molecule has 26 heavy (non-hydrogen) atoms. The molecule has 1 saturated heterocycles. The van der Waals surface area contributed by atoms with Crippen molar-refractivity contribution < 1.29 is 14.0 Å². The number of carbonyl (C=O) groups excluding carboxylic acids is 2. The summed E-state index contributed by atoms with van der Waals surface area (Å²) in [5.41, 5.74) is 8.25. The molecule has 3 heterocycles. The van der Waals surface area contributed by atoms with Gasteiger partial charge in [0.25, 0.3) is 5.91 Å². The van der Waals surface area contributed by atoms with Crippen LogP contribution < -0.4 is 5.73 Å². The quantitative estimate of drug-likeness (QED) is 0.893. The second kappa shape index (κ2) is 6.96. The average Bonchev–Trinajstić information content (AvgIpc) is 3.20. The van der Waals surface area contributed by atoms with Gasteiger partial charge in [-0.1, -0.05) is 24.3 Å². The number of nitrogens with zero attached hydrogens (tertiary/aromatic N) is 2. The minimum atomic E-state index is -0.521. The molecule has 0 spiro atoms. The van der Waals surface area contributed by atoms with Crippen molar-refractivity contribution in [3.8, 4) is 0 Å². The first-order valence-electron chi connectivity index (χ1n) is 9.09. The van der Waals surface area contributed by atoms with Crippen LogP contribution in [0.5, 0.6) is 0 Å². The number of nitrogens with two attached hydrogens (primary N) is 1. The summed E-state index contributed by atoms with van der Waals surface area (Å²) < 4.78 is 5.29. The molecular weight excluding hydrogens is 330 g/mol. The lowest BCUT2D eigenvalue weighted by Crippen LogP contribution is -2.56. The van der Waals surface area contributed by atoms with E-state index in [9.17, 15) is 9.59 Å². The van der Waals surface area contributed by atoms with Gasteiger partial charge in [-0.05, 0) is 36.1 Å². The second-order valence-corrected chi connectivity index (χ2v) is 7.09. The van der Waals surface area contributed by atoms with Crippen LogP contribution in [-0.4, -0.2) is 46.8 Å². The molecule has 2 aliphatic rings. The fourth-order valence-electron chi connectivity index (χ4n) is 3.92.